The number of halogens is 1. The van der Waals surface area contributed by atoms with E-state index in [1.807, 2.05) is 0 Å². The topological polar surface area (TPSA) is 84.8 Å². The van der Waals surface area contributed by atoms with Crippen LogP contribution in [0.25, 0.3) is 0 Å². The Balaban J connectivity index is 1.73. The molecular formula is C12H14FN5O2. The normalized spacial score (nSPS) is 18.4. The van der Waals surface area contributed by atoms with Gasteiger partial charge in [-0.1, -0.05) is 0 Å². The van der Waals surface area contributed by atoms with E-state index in [0.717, 1.165) is 31.3 Å². The molecule has 8 heteroatoms. The quantitative estimate of drug-likeness (QED) is 0.889. The maximum absolute atomic E-state index is 13.4. The van der Waals surface area contributed by atoms with Gasteiger partial charge in [0, 0.05) is 19.7 Å². The van der Waals surface area contributed by atoms with Gasteiger partial charge in [0.15, 0.2) is 17.3 Å². The molecule has 0 spiro atoms. The van der Waals surface area contributed by atoms with Crippen LogP contribution in [0.1, 0.15) is 35.1 Å². The van der Waals surface area contributed by atoms with Gasteiger partial charge < -0.3 is 10.1 Å². The second-order valence-corrected chi connectivity index (χ2v) is 4.63. The van der Waals surface area contributed by atoms with Crippen LogP contribution in [0.15, 0.2) is 12.3 Å². The Hall–Kier alpha value is -2.22. The lowest BCUT2D eigenvalue weighted by molar-refractivity contribution is 0.101. The van der Waals surface area contributed by atoms with Gasteiger partial charge in [-0.2, -0.15) is 10.2 Å². The summed E-state index contributed by atoms with van der Waals surface area (Å²) in [6.45, 7) is 0.728. The molecule has 1 amide bonds. The smallest absolute Gasteiger partial charge is 0.278 e. The molecule has 0 aliphatic carbocycles. The van der Waals surface area contributed by atoms with Gasteiger partial charge in [-0.3, -0.25) is 14.6 Å². The number of amides is 1. The van der Waals surface area contributed by atoms with Crippen LogP contribution < -0.4 is 5.32 Å². The first-order chi connectivity index (χ1) is 9.65. The molecule has 0 aromatic carbocycles. The minimum Gasteiger partial charge on any atom is -0.372 e. The maximum Gasteiger partial charge on any atom is 0.278 e. The average molecular weight is 279 g/mol. The lowest BCUT2D eigenvalue weighted by Gasteiger charge is -2.04. The number of H-pyrrole nitrogens is 1. The lowest BCUT2D eigenvalue weighted by Crippen LogP contribution is -2.17. The van der Waals surface area contributed by atoms with E-state index in [0.29, 0.717) is 5.82 Å². The SMILES string of the molecule is Cn1ncc(F)c1C(=O)Nc1cc(C2CCCO2)[nH]n1. The van der Waals surface area contributed by atoms with Gasteiger partial charge in [0.2, 0.25) is 0 Å². The number of ether oxygens (including phenoxy) is 1. The molecule has 1 unspecified atom stereocenters. The predicted octanol–water partition coefficient (Wildman–Crippen LogP) is 1.39. The number of carbonyl (C=O) groups is 1. The Bertz CT molecular complexity index is 610. The molecule has 0 bridgehead atoms. The maximum atomic E-state index is 13.4. The second-order valence-electron chi connectivity index (χ2n) is 4.63. The van der Waals surface area contributed by atoms with Crippen molar-refractivity contribution in [2.45, 2.75) is 18.9 Å². The molecule has 0 saturated carbocycles. The summed E-state index contributed by atoms with van der Waals surface area (Å²) in [7, 11) is 1.50. The van der Waals surface area contributed by atoms with E-state index < -0.39 is 11.7 Å². The van der Waals surface area contributed by atoms with Crippen molar-refractivity contribution in [3.8, 4) is 0 Å². The van der Waals surface area contributed by atoms with Crippen molar-refractivity contribution in [2.24, 2.45) is 7.05 Å². The highest BCUT2D eigenvalue weighted by Crippen LogP contribution is 2.28. The summed E-state index contributed by atoms with van der Waals surface area (Å²) in [6.07, 6.45) is 2.91. The lowest BCUT2D eigenvalue weighted by atomic mass is 10.2. The third-order valence-corrected chi connectivity index (χ3v) is 3.23. The van der Waals surface area contributed by atoms with Crippen molar-refractivity contribution >= 4 is 11.7 Å². The summed E-state index contributed by atoms with van der Waals surface area (Å²) in [4.78, 5) is 12.0. The fourth-order valence-electron chi connectivity index (χ4n) is 2.23. The number of hydrogen-bond donors (Lipinski definition) is 2. The van der Waals surface area contributed by atoms with Crippen molar-refractivity contribution in [3.63, 3.8) is 0 Å². The summed E-state index contributed by atoms with van der Waals surface area (Å²) in [5.74, 6) is -0.922. The Labute approximate surface area is 114 Å². The van der Waals surface area contributed by atoms with Gasteiger partial charge in [-0.05, 0) is 12.8 Å². The summed E-state index contributed by atoms with van der Waals surface area (Å²) in [5.41, 5.74) is 0.676. The molecule has 1 saturated heterocycles. The van der Waals surface area contributed by atoms with Crippen LogP contribution in [0.5, 0.6) is 0 Å². The van der Waals surface area contributed by atoms with Gasteiger partial charge in [0.1, 0.15) is 0 Å². The van der Waals surface area contributed by atoms with Crippen molar-refractivity contribution in [1.29, 1.82) is 0 Å². The van der Waals surface area contributed by atoms with E-state index in [1.54, 1.807) is 6.07 Å². The van der Waals surface area contributed by atoms with Crippen molar-refractivity contribution in [3.05, 3.63) is 29.5 Å². The van der Waals surface area contributed by atoms with E-state index in [-0.39, 0.29) is 11.8 Å². The fourth-order valence-corrected chi connectivity index (χ4v) is 2.23. The minimum atomic E-state index is -0.667. The Morgan fingerprint density at radius 1 is 1.65 bits per heavy atom. The molecule has 3 rings (SSSR count). The number of carbonyl (C=O) groups excluding carboxylic acids is 1. The summed E-state index contributed by atoms with van der Waals surface area (Å²) in [6, 6.07) is 1.70. The van der Waals surface area contributed by atoms with Crippen LogP contribution >= 0.6 is 0 Å². The standard InChI is InChI=1S/C12H14FN5O2/c1-18-11(7(13)6-14-18)12(19)15-10-5-8(16-17-10)9-3-2-4-20-9/h5-6,9H,2-4H2,1H3,(H2,15,16,17,19). The van der Waals surface area contributed by atoms with Crippen LogP contribution in [0.2, 0.25) is 0 Å². The van der Waals surface area contributed by atoms with E-state index >= 15 is 0 Å². The third kappa shape index (κ3) is 2.29. The number of nitrogens with one attached hydrogen (secondary N) is 2. The van der Waals surface area contributed by atoms with Crippen LogP contribution in [0.3, 0.4) is 0 Å². The van der Waals surface area contributed by atoms with Crippen molar-refractivity contribution in [1.82, 2.24) is 20.0 Å². The molecule has 2 aromatic rings. The van der Waals surface area contributed by atoms with Gasteiger partial charge >= 0.3 is 0 Å². The van der Waals surface area contributed by atoms with Crippen molar-refractivity contribution in [2.75, 3.05) is 11.9 Å². The zero-order valence-corrected chi connectivity index (χ0v) is 10.9. The molecule has 7 nitrogen and oxygen atoms in total. The molecule has 20 heavy (non-hydrogen) atoms. The van der Waals surface area contributed by atoms with E-state index in [9.17, 15) is 9.18 Å². The molecule has 1 fully saturated rings. The molecule has 3 heterocycles. The number of anilines is 1. The molecule has 106 valence electrons. The first kappa shape index (κ1) is 12.8. The Kier molecular flexibility index (Phi) is 3.23. The Morgan fingerprint density at radius 2 is 2.50 bits per heavy atom. The van der Waals surface area contributed by atoms with Gasteiger partial charge in [-0.25, -0.2) is 4.39 Å². The number of aromatic amines is 1. The van der Waals surface area contributed by atoms with E-state index in [1.165, 1.54) is 11.7 Å². The monoisotopic (exact) mass is 279 g/mol. The number of nitrogens with zero attached hydrogens (tertiary/aromatic N) is 3. The highest BCUT2D eigenvalue weighted by atomic mass is 19.1. The molecule has 2 aromatic heterocycles. The Morgan fingerprint density at radius 3 is 3.15 bits per heavy atom. The summed E-state index contributed by atoms with van der Waals surface area (Å²) >= 11 is 0. The zero-order chi connectivity index (χ0) is 14.1. The van der Waals surface area contributed by atoms with Gasteiger partial charge in [0.25, 0.3) is 5.91 Å². The molecule has 1 aliphatic rings. The first-order valence-electron chi connectivity index (χ1n) is 6.31. The van der Waals surface area contributed by atoms with Crippen LogP contribution in [0, 0.1) is 5.82 Å². The highest BCUT2D eigenvalue weighted by Gasteiger charge is 2.22. The zero-order valence-electron chi connectivity index (χ0n) is 10.9. The summed E-state index contributed by atoms with van der Waals surface area (Å²) in [5, 5.41) is 13.0. The minimum absolute atomic E-state index is 0.0124. The number of rotatable bonds is 3. The van der Waals surface area contributed by atoms with Crippen molar-refractivity contribution < 1.29 is 13.9 Å². The van der Waals surface area contributed by atoms with E-state index in [2.05, 4.69) is 20.6 Å². The highest BCUT2D eigenvalue weighted by molar-refractivity contribution is 6.02. The number of hydrogen-bond acceptors (Lipinski definition) is 4. The second kappa shape index (κ2) is 5.04. The molecule has 1 atom stereocenters. The van der Waals surface area contributed by atoms with Crippen LogP contribution in [-0.4, -0.2) is 32.5 Å². The van der Waals surface area contributed by atoms with E-state index in [4.69, 9.17) is 4.74 Å². The molecule has 1 aliphatic heterocycles. The van der Waals surface area contributed by atoms with Crippen LogP contribution in [-0.2, 0) is 11.8 Å². The average Bonchev–Trinajstić information content (AvgIpc) is 3.10. The largest absolute Gasteiger partial charge is 0.372 e. The summed E-state index contributed by atoms with van der Waals surface area (Å²) < 4.78 is 20.1. The molecular weight excluding hydrogens is 265 g/mol. The third-order valence-electron chi connectivity index (χ3n) is 3.23. The predicted molar refractivity (Wildman–Crippen MR) is 67.6 cm³/mol. The fraction of sp³-hybridized carbons (Fsp3) is 0.417. The molecule has 0 radical (unpaired) electrons. The first-order valence-corrected chi connectivity index (χ1v) is 6.31. The molecule has 2 N–H and O–H groups in total. The van der Waals surface area contributed by atoms with Gasteiger partial charge in [0.05, 0.1) is 18.0 Å². The van der Waals surface area contributed by atoms with Crippen LogP contribution in [0.4, 0.5) is 10.2 Å². The number of aromatic nitrogens is 4. The number of aryl methyl sites for hydroxylation is 1. The van der Waals surface area contributed by atoms with Gasteiger partial charge in [-0.15, -0.1) is 0 Å².